The second kappa shape index (κ2) is 42.4. The molecule has 8 nitrogen and oxygen atoms in total. The quantitative estimate of drug-likeness (QED) is 0.0215. The fourth-order valence-corrected chi connectivity index (χ4v) is 6.65. The molecule has 0 saturated carbocycles. The third kappa shape index (κ3) is 46.6. The van der Waals surface area contributed by atoms with Crippen molar-refractivity contribution in [1.82, 2.24) is 0 Å². The summed E-state index contributed by atoms with van der Waals surface area (Å²) in [4.78, 5) is 22.9. The number of nitrogens with zero attached hydrogens (tertiary/aromatic N) is 1. The third-order valence-electron chi connectivity index (χ3n) is 9.45. The number of rotatable bonds is 42. The van der Waals surface area contributed by atoms with Gasteiger partial charge in [0, 0.05) is 13.0 Å². The molecule has 1 N–H and O–H groups in total. The molecule has 0 fully saturated rings. The number of likely N-dealkylation sites (N-methyl/N-ethyl adjacent to an activating group) is 1. The van der Waals surface area contributed by atoms with Gasteiger partial charge in [-0.05, 0) is 83.5 Å². The minimum absolute atomic E-state index is 0.0791. The SMILES string of the molecule is CC/C=C\C/C=C\C/C=C\C/C=C\CCCCCCCCCCCOCC(COP(=O)(O)OCC[N+](C)(C)C)OC(=O)CCCCCCC/C=C\C/C=C\C/C=C\CC. The number of phosphoric acid groups is 1. The predicted octanol–water partition coefficient (Wildman–Crippen LogP) is 14.1. The zero-order chi connectivity index (χ0) is 43.4. The lowest BCUT2D eigenvalue weighted by atomic mass is 10.1. The monoisotopic (exact) mass is 847 g/mol. The van der Waals surface area contributed by atoms with E-state index in [1.54, 1.807) is 0 Å². The highest BCUT2D eigenvalue weighted by Gasteiger charge is 2.26. The molecule has 0 amide bonds. The Balaban J connectivity index is 4.22. The van der Waals surface area contributed by atoms with E-state index >= 15 is 0 Å². The summed E-state index contributed by atoms with van der Waals surface area (Å²) in [7, 11) is 1.64. The number of ether oxygens (including phenoxy) is 2. The van der Waals surface area contributed by atoms with Crippen LogP contribution in [0.4, 0.5) is 0 Å². The Bertz CT molecular complexity index is 1210. The van der Waals surface area contributed by atoms with Crippen LogP contribution in [0.1, 0.15) is 168 Å². The van der Waals surface area contributed by atoms with Gasteiger partial charge in [-0.1, -0.05) is 163 Å². The molecule has 2 unspecified atom stereocenters. The Morgan fingerprint density at radius 3 is 1.39 bits per heavy atom. The fourth-order valence-electron chi connectivity index (χ4n) is 5.91. The van der Waals surface area contributed by atoms with Crippen LogP contribution in [0, 0.1) is 0 Å². The summed E-state index contributed by atoms with van der Waals surface area (Å²) in [6.07, 6.45) is 56.2. The summed E-state index contributed by atoms with van der Waals surface area (Å²) in [5, 5.41) is 0. The minimum atomic E-state index is -4.29. The van der Waals surface area contributed by atoms with Crippen molar-refractivity contribution in [2.24, 2.45) is 0 Å². The van der Waals surface area contributed by atoms with Crippen LogP contribution in [0.15, 0.2) is 85.1 Å². The predicted molar refractivity (Wildman–Crippen MR) is 251 cm³/mol. The molecule has 59 heavy (non-hydrogen) atoms. The van der Waals surface area contributed by atoms with Crippen molar-refractivity contribution in [2.75, 3.05) is 54.1 Å². The number of esters is 1. The zero-order valence-corrected chi connectivity index (χ0v) is 39.4. The highest BCUT2D eigenvalue weighted by atomic mass is 31.2. The van der Waals surface area contributed by atoms with Crippen LogP contribution < -0.4 is 0 Å². The Morgan fingerprint density at radius 2 is 0.932 bits per heavy atom. The van der Waals surface area contributed by atoms with Gasteiger partial charge in [0.15, 0.2) is 0 Å². The topological polar surface area (TPSA) is 91.3 Å². The summed E-state index contributed by atoms with van der Waals surface area (Å²) >= 11 is 0. The second-order valence-electron chi connectivity index (χ2n) is 16.4. The molecule has 340 valence electrons. The molecule has 0 heterocycles. The summed E-state index contributed by atoms with van der Waals surface area (Å²) < 4.78 is 35.0. The first kappa shape index (κ1) is 56.7. The van der Waals surface area contributed by atoms with E-state index in [9.17, 15) is 14.3 Å². The lowest BCUT2D eigenvalue weighted by Gasteiger charge is -2.24. The molecule has 0 aromatic rings. The fraction of sp³-hybridized carbons (Fsp3) is 0.700. The van der Waals surface area contributed by atoms with Gasteiger partial charge in [-0.15, -0.1) is 0 Å². The molecule has 0 aromatic heterocycles. The van der Waals surface area contributed by atoms with Crippen molar-refractivity contribution in [3.05, 3.63) is 85.1 Å². The van der Waals surface area contributed by atoms with Crippen LogP contribution in [0.25, 0.3) is 0 Å². The number of hydrogen-bond donors (Lipinski definition) is 1. The van der Waals surface area contributed by atoms with Crippen LogP contribution in [-0.2, 0) is 27.9 Å². The molecule has 0 saturated heterocycles. The van der Waals surface area contributed by atoms with Gasteiger partial charge in [0.2, 0.25) is 0 Å². The first-order chi connectivity index (χ1) is 28.6. The number of unbranched alkanes of at least 4 members (excludes halogenated alkanes) is 14. The van der Waals surface area contributed by atoms with E-state index in [0.29, 0.717) is 24.1 Å². The number of carbonyl (C=O) groups is 1. The average Bonchev–Trinajstić information content (AvgIpc) is 3.19. The van der Waals surface area contributed by atoms with Gasteiger partial charge in [-0.25, -0.2) is 4.57 Å². The lowest BCUT2D eigenvalue weighted by Crippen LogP contribution is -2.37. The first-order valence-electron chi connectivity index (χ1n) is 23.3. The maximum atomic E-state index is 12.7. The lowest BCUT2D eigenvalue weighted by molar-refractivity contribution is -0.870. The number of carbonyl (C=O) groups excluding carboxylic acids is 1. The van der Waals surface area contributed by atoms with Gasteiger partial charge in [0.25, 0.3) is 0 Å². The number of hydrogen-bond acceptors (Lipinski definition) is 6. The van der Waals surface area contributed by atoms with E-state index in [0.717, 1.165) is 96.3 Å². The molecule has 0 rings (SSSR count). The van der Waals surface area contributed by atoms with E-state index in [4.69, 9.17) is 18.5 Å². The maximum Gasteiger partial charge on any atom is 0.472 e. The summed E-state index contributed by atoms with van der Waals surface area (Å²) in [5.41, 5.74) is 0. The number of phosphoric ester groups is 1. The van der Waals surface area contributed by atoms with Gasteiger partial charge in [0.1, 0.15) is 19.3 Å². The zero-order valence-electron chi connectivity index (χ0n) is 38.5. The Labute approximate surface area is 363 Å². The molecular formula is C50H89NO7P+. The van der Waals surface area contributed by atoms with E-state index in [1.165, 1.54) is 51.4 Å². The molecular weight excluding hydrogens is 758 g/mol. The van der Waals surface area contributed by atoms with Crippen LogP contribution in [0.5, 0.6) is 0 Å². The van der Waals surface area contributed by atoms with Crippen molar-refractivity contribution in [3.8, 4) is 0 Å². The van der Waals surface area contributed by atoms with Crippen molar-refractivity contribution < 1.29 is 37.3 Å². The smallest absolute Gasteiger partial charge is 0.457 e. The molecule has 0 bridgehead atoms. The maximum absolute atomic E-state index is 12.7. The van der Waals surface area contributed by atoms with Crippen LogP contribution in [-0.4, -0.2) is 75.6 Å². The van der Waals surface area contributed by atoms with Gasteiger partial charge in [0.05, 0.1) is 34.4 Å². The van der Waals surface area contributed by atoms with Gasteiger partial charge in [-0.2, -0.15) is 0 Å². The summed E-state index contributed by atoms with van der Waals surface area (Å²) in [6.45, 7) is 5.34. The molecule has 0 spiro atoms. The number of allylic oxidation sites excluding steroid dienone is 14. The highest BCUT2D eigenvalue weighted by molar-refractivity contribution is 7.47. The largest absolute Gasteiger partial charge is 0.472 e. The Morgan fingerprint density at radius 1 is 0.525 bits per heavy atom. The standard InChI is InChI=1S/C50H88NO7P/c1-6-8-10-12-14-16-18-20-22-23-24-25-26-27-28-30-32-34-36-38-40-42-45-55-47-49(48-57-59(53,54)56-46-44-51(3,4)5)58-50(52)43-41-39-37-35-33-31-29-21-19-17-15-13-11-9-7-2/h8-11,14-17,20-22,24-25,29,49H,6-7,12-13,18-19,23,26-28,30-48H2,1-5H3/p+1/b10-8-,11-9-,16-14-,17-15-,22-20-,25-24-,29-21-. The third-order valence-corrected chi connectivity index (χ3v) is 10.4. The van der Waals surface area contributed by atoms with Crippen LogP contribution in [0.3, 0.4) is 0 Å². The molecule has 0 aromatic carbocycles. The van der Waals surface area contributed by atoms with Gasteiger partial charge in [-0.3, -0.25) is 13.8 Å². The molecule has 0 radical (unpaired) electrons. The second-order valence-corrected chi connectivity index (χ2v) is 17.8. The molecule has 0 aliphatic rings. The van der Waals surface area contributed by atoms with E-state index in [-0.39, 0.29) is 25.8 Å². The average molecular weight is 847 g/mol. The molecule has 9 heteroatoms. The van der Waals surface area contributed by atoms with E-state index < -0.39 is 13.9 Å². The normalized spacial score (nSPS) is 14.5. The number of quaternary nitrogens is 1. The van der Waals surface area contributed by atoms with Crippen molar-refractivity contribution in [1.29, 1.82) is 0 Å². The van der Waals surface area contributed by atoms with Gasteiger partial charge < -0.3 is 18.9 Å². The van der Waals surface area contributed by atoms with Crippen molar-refractivity contribution in [2.45, 2.75) is 174 Å². The summed E-state index contributed by atoms with van der Waals surface area (Å²) in [6, 6.07) is 0. The Kier molecular flexibility index (Phi) is 40.7. The van der Waals surface area contributed by atoms with Crippen molar-refractivity contribution >= 4 is 13.8 Å². The molecule has 0 aliphatic carbocycles. The molecule has 2 atom stereocenters. The first-order valence-corrected chi connectivity index (χ1v) is 24.8. The minimum Gasteiger partial charge on any atom is -0.457 e. The van der Waals surface area contributed by atoms with Crippen LogP contribution in [0.2, 0.25) is 0 Å². The molecule has 0 aliphatic heterocycles. The van der Waals surface area contributed by atoms with Crippen molar-refractivity contribution in [3.63, 3.8) is 0 Å². The summed E-state index contributed by atoms with van der Waals surface area (Å²) in [5.74, 6) is -0.336. The Hall–Kier alpha value is -2.32. The highest BCUT2D eigenvalue weighted by Crippen LogP contribution is 2.43. The van der Waals surface area contributed by atoms with Gasteiger partial charge >= 0.3 is 13.8 Å². The van der Waals surface area contributed by atoms with Crippen LogP contribution >= 0.6 is 7.82 Å². The van der Waals surface area contributed by atoms with E-state index in [1.807, 2.05) is 21.1 Å². The van der Waals surface area contributed by atoms with E-state index in [2.05, 4.69) is 98.9 Å².